The number of aromatic nitrogens is 2. The van der Waals surface area contributed by atoms with Gasteiger partial charge in [0.25, 0.3) is 5.91 Å². The standard InChI is InChI=1S/C19H23N3O3S/c1-4-5-8-22-13(3)12(2)20-19(22)26-11-16(23)14-6-7-17-15(9-14)21-18(24)10-25-17/h6-7,9H,4-5,8,10-11H2,1-3H3,(H,21,24). The molecule has 1 amide bonds. The van der Waals surface area contributed by atoms with Crippen molar-refractivity contribution in [2.45, 2.75) is 45.3 Å². The van der Waals surface area contributed by atoms with Gasteiger partial charge in [0.05, 0.1) is 17.1 Å². The molecule has 2 aromatic rings. The Morgan fingerprint density at radius 1 is 1.38 bits per heavy atom. The number of Topliss-reactive ketones (excluding diaryl/α,β-unsaturated/α-hetero) is 1. The number of imidazole rings is 1. The molecule has 0 aliphatic carbocycles. The van der Waals surface area contributed by atoms with Crippen LogP contribution in [0, 0.1) is 13.8 Å². The molecule has 3 rings (SSSR count). The second kappa shape index (κ2) is 7.95. The van der Waals surface area contributed by atoms with Crippen LogP contribution in [0.4, 0.5) is 5.69 Å². The Labute approximate surface area is 157 Å². The second-order valence-corrected chi connectivity index (χ2v) is 7.27. The molecular formula is C19H23N3O3S. The molecular weight excluding hydrogens is 350 g/mol. The number of aryl methyl sites for hydroxylation is 1. The molecule has 26 heavy (non-hydrogen) atoms. The summed E-state index contributed by atoms with van der Waals surface area (Å²) in [5.74, 6) is 0.684. The first kappa shape index (κ1) is 18.5. The minimum absolute atomic E-state index is 0.00188. The van der Waals surface area contributed by atoms with Gasteiger partial charge in [-0.3, -0.25) is 9.59 Å². The van der Waals surface area contributed by atoms with E-state index in [1.165, 1.54) is 11.8 Å². The number of hydrogen-bond acceptors (Lipinski definition) is 5. The summed E-state index contributed by atoms with van der Waals surface area (Å²) >= 11 is 1.46. The number of carbonyl (C=O) groups excluding carboxylic acids is 2. The lowest BCUT2D eigenvalue weighted by Crippen LogP contribution is -2.25. The maximum Gasteiger partial charge on any atom is 0.262 e. The topological polar surface area (TPSA) is 73.2 Å². The van der Waals surface area contributed by atoms with Crippen LogP contribution in [0.2, 0.25) is 0 Å². The number of thioether (sulfide) groups is 1. The van der Waals surface area contributed by atoms with Crippen molar-refractivity contribution in [3.8, 4) is 5.75 Å². The van der Waals surface area contributed by atoms with Crippen molar-refractivity contribution in [3.63, 3.8) is 0 Å². The van der Waals surface area contributed by atoms with Gasteiger partial charge >= 0.3 is 0 Å². The van der Waals surface area contributed by atoms with E-state index in [1.807, 2.05) is 6.92 Å². The highest BCUT2D eigenvalue weighted by atomic mass is 32.2. The van der Waals surface area contributed by atoms with E-state index in [0.717, 1.165) is 35.9 Å². The minimum atomic E-state index is -0.208. The maximum absolute atomic E-state index is 12.6. The van der Waals surface area contributed by atoms with Crippen LogP contribution in [-0.2, 0) is 11.3 Å². The van der Waals surface area contributed by atoms with Crippen molar-refractivity contribution in [2.75, 3.05) is 17.7 Å². The quantitative estimate of drug-likeness (QED) is 0.593. The lowest BCUT2D eigenvalue weighted by atomic mass is 10.1. The van der Waals surface area contributed by atoms with Gasteiger partial charge in [-0.2, -0.15) is 0 Å². The number of ether oxygens (including phenoxy) is 1. The SMILES string of the molecule is CCCCn1c(SCC(=O)c2ccc3c(c2)NC(=O)CO3)nc(C)c1C. The van der Waals surface area contributed by atoms with Crippen LogP contribution in [-0.4, -0.2) is 33.6 Å². The Bertz CT molecular complexity index is 845. The van der Waals surface area contributed by atoms with Crippen LogP contribution in [0.1, 0.15) is 41.5 Å². The number of benzene rings is 1. The average molecular weight is 373 g/mol. The normalized spacial score (nSPS) is 13.1. The first-order chi connectivity index (χ1) is 12.5. The summed E-state index contributed by atoms with van der Waals surface area (Å²) in [5.41, 5.74) is 3.27. The van der Waals surface area contributed by atoms with Gasteiger partial charge in [-0.05, 0) is 38.5 Å². The van der Waals surface area contributed by atoms with E-state index >= 15 is 0 Å². The van der Waals surface area contributed by atoms with Gasteiger partial charge in [0.2, 0.25) is 0 Å². The number of anilines is 1. The van der Waals surface area contributed by atoms with E-state index < -0.39 is 0 Å². The third-order valence-corrected chi connectivity index (χ3v) is 5.40. The molecule has 1 aliphatic heterocycles. The van der Waals surface area contributed by atoms with Crippen LogP contribution in [0.5, 0.6) is 5.75 Å². The summed E-state index contributed by atoms with van der Waals surface area (Å²) in [5, 5.41) is 3.62. The average Bonchev–Trinajstić information content (AvgIpc) is 2.91. The van der Waals surface area contributed by atoms with Crippen molar-refractivity contribution in [3.05, 3.63) is 35.2 Å². The molecule has 0 unspecified atom stereocenters. The summed E-state index contributed by atoms with van der Waals surface area (Å²) in [7, 11) is 0. The molecule has 0 fully saturated rings. The summed E-state index contributed by atoms with van der Waals surface area (Å²) in [4.78, 5) is 28.6. The molecule has 0 atom stereocenters. The minimum Gasteiger partial charge on any atom is -0.482 e. The molecule has 6 nitrogen and oxygen atoms in total. The number of carbonyl (C=O) groups is 2. The van der Waals surface area contributed by atoms with Crippen LogP contribution >= 0.6 is 11.8 Å². The Hall–Kier alpha value is -2.28. The number of ketones is 1. The summed E-state index contributed by atoms with van der Waals surface area (Å²) in [6, 6.07) is 5.14. The predicted molar refractivity (Wildman–Crippen MR) is 102 cm³/mol. The van der Waals surface area contributed by atoms with Crippen LogP contribution in [0.25, 0.3) is 0 Å². The van der Waals surface area contributed by atoms with Crippen molar-refractivity contribution in [2.24, 2.45) is 0 Å². The summed E-state index contributed by atoms with van der Waals surface area (Å²) in [6.45, 7) is 7.15. The molecule has 2 heterocycles. The fourth-order valence-corrected chi connectivity index (χ4v) is 3.80. The van der Waals surface area contributed by atoms with E-state index in [2.05, 4.69) is 28.7 Å². The van der Waals surface area contributed by atoms with Gasteiger partial charge in [0.1, 0.15) is 5.75 Å². The Balaban J connectivity index is 1.71. The largest absolute Gasteiger partial charge is 0.482 e. The van der Waals surface area contributed by atoms with Crippen molar-refractivity contribution < 1.29 is 14.3 Å². The first-order valence-corrected chi connectivity index (χ1v) is 9.74. The molecule has 1 aromatic carbocycles. The Morgan fingerprint density at radius 2 is 2.19 bits per heavy atom. The number of amides is 1. The molecule has 1 aromatic heterocycles. The zero-order valence-electron chi connectivity index (χ0n) is 15.3. The van der Waals surface area contributed by atoms with Gasteiger partial charge in [-0.1, -0.05) is 25.1 Å². The highest BCUT2D eigenvalue weighted by Gasteiger charge is 2.19. The maximum atomic E-state index is 12.6. The van der Waals surface area contributed by atoms with Crippen LogP contribution < -0.4 is 10.1 Å². The molecule has 0 saturated carbocycles. The monoisotopic (exact) mass is 373 g/mol. The van der Waals surface area contributed by atoms with E-state index in [4.69, 9.17) is 4.74 Å². The highest BCUT2D eigenvalue weighted by molar-refractivity contribution is 7.99. The molecule has 0 spiro atoms. The Morgan fingerprint density at radius 3 is 2.96 bits per heavy atom. The van der Waals surface area contributed by atoms with E-state index in [1.54, 1.807) is 18.2 Å². The second-order valence-electron chi connectivity index (χ2n) is 6.33. The number of nitrogens with one attached hydrogen (secondary N) is 1. The van der Waals surface area contributed by atoms with Crippen LogP contribution in [0.3, 0.4) is 0 Å². The fraction of sp³-hybridized carbons (Fsp3) is 0.421. The van der Waals surface area contributed by atoms with Gasteiger partial charge < -0.3 is 14.6 Å². The van der Waals surface area contributed by atoms with Gasteiger partial charge in [0, 0.05) is 17.8 Å². The zero-order chi connectivity index (χ0) is 18.7. The number of nitrogens with zero attached hydrogens (tertiary/aromatic N) is 2. The van der Waals surface area contributed by atoms with Gasteiger partial charge in [-0.25, -0.2) is 4.98 Å². The van der Waals surface area contributed by atoms with Crippen molar-refractivity contribution >= 4 is 29.1 Å². The van der Waals surface area contributed by atoms with E-state index in [-0.39, 0.29) is 18.3 Å². The number of fused-ring (bicyclic) bond motifs is 1. The fourth-order valence-electron chi connectivity index (χ4n) is 2.78. The van der Waals surface area contributed by atoms with Crippen molar-refractivity contribution in [1.82, 2.24) is 9.55 Å². The molecule has 1 N–H and O–H groups in total. The summed E-state index contributed by atoms with van der Waals surface area (Å²) in [6.07, 6.45) is 2.20. The lowest BCUT2D eigenvalue weighted by molar-refractivity contribution is -0.118. The Kier molecular flexibility index (Phi) is 5.66. The predicted octanol–water partition coefficient (Wildman–Crippen LogP) is 3.61. The number of hydrogen-bond donors (Lipinski definition) is 1. The molecule has 138 valence electrons. The third kappa shape index (κ3) is 3.93. The molecule has 0 saturated heterocycles. The van der Waals surface area contributed by atoms with E-state index in [9.17, 15) is 9.59 Å². The first-order valence-electron chi connectivity index (χ1n) is 8.76. The molecule has 7 heteroatoms. The van der Waals surface area contributed by atoms with Gasteiger partial charge in [-0.15, -0.1) is 0 Å². The van der Waals surface area contributed by atoms with Gasteiger partial charge in [0.15, 0.2) is 17.5 Å². The molecule has 0 bridgehead atoms. The highest BCUT2D eigenvalue weighted by Crippen LogP contribution is 2.29. The molecule has 0 radical (unpaired) electrons. The van der Waals surface area contributed by atoms with Crippen LogP contribution in [0.15, 0.2) is 23.4 Å². The molecule has 1 aliphatic rings. The lowest BCUT2D eigenvalue weighted by Gasteiger charge is -2.18. The number of unbranched alkanes of at least 4 members (excludes halogenated alkanes) is 1. The van der Waals surface area contributed by atoms with E-state index in [0.29, 0.717) is 22.8 Å². The smallest absolute Gasteiger partial charge is 0.262 e. The zero-order valence-corrected chi connectivity index (χ0v) is 16.1. The number of rotatable bonds is 7. The van der Waals surface area contributed by atoms with Crippen molar-refractivity contribution in [1.29, 1.82) is 0 Å². The third-order valence-electron chi connectivity index (χ3n) is 4.42. The summed E-state index contributed by atoms with van der Waals surface area (Å²) < 4.78 is 7.52.